The molecule has 162 valence electrons. The summed E-state index contributed by atoms with van der Waals surface area (Å²) in [5.41, 5.74) is -0.452. The number of ether oxygens (including phenoxy) is 2. The standard InChI is InChI=1S/C20H21ClF3N3O3/c1-19(2,3)30-18(28)27-7-6-12-8-15(20(22,23)24)17(26-16(12)10-27)29-11-14-5-4-13(21)9-25-14/h4-5,8-9H,6-7,10-11H2,1-3H3. The number of halogens is 4. The van der Waals surface area contributed by atoms with Crippen molar-refractivity contribution in [3.63, 3.8) is 0 Å². The predicted octanol–water partition coefficient (Wildman–Crippen LogP) is 5.02. The van der Waals surface area contributed by atoms with E-state index in [4.69, 9.17) is 21.1 Å². The molecule has 0 aromatic carbocycles. The number of pyridine rings is 2. The van der Waals surface area contributed by atoms with Crippen LogP contribution in [-0.2, 0) is 30.5 Å². The molecule has 0 unspecified atom stereocenters. The molecule has 2 aromatic rings. The number of hydrogen-bond acceptors (Lipinski definition) is 5. The largest absolute Gasteiger partial charge is 0.471 e. The number of carbonyl (C=O) groups is 1. The minimum absolute atomic E-state index is 0.0396. The van der Waals surface area contributed by atoms with Crippen molar-refractivity contribution in [3.05, 3.63) is 51.9 Å². The Morgan fingerprint density at radius 2 is 2.00 bits per heavy atom. The molecule has 1 amide bonds. The predicted molar refractivity (Wildman–Crippen MR) is 103 cm³/mol. The summed E-state index contributed by atoms with van der Waals surface area (Å²) in [4.78, 5) is 21.8. The van der Waals surface area contributed by atoms with Gasteiger partial charge in [-0.05, 0) is 51.0 Å². The summed E-state index contributed by atoms with van der Waals surface area (Å²) in [6.07, 6.45) is -3.55. The molecule has 3 rings (SSSR count). The maximum absolute atomic E-state index is 13.6. The van der Waals surface area contributed by atoms with Crippen molar-refractivity contribution in [2.75, 3.05) is 6.54 Å². The van der Waals surface area contributed by atoms with Crippen LogP contribution in [0.5, 0.6) is 5.88 Å². The molecular weight excluding hydrogens is 423 g/mol. The fourth-order valence-electron chi connectivity index (χ4n) is 2.87. The van der Waals surface area contributed by atoms with Crippen LogP contribution in [0, 0.1) is 0 Å². The van der Waals surface area contributed by atoms with E-state index in [0.717, 1.165) is 6.07 Å². The van der Waals surface area contributed by atoms with Gasteiger partial charge in [0.1, 0.15) is 17.8 Å². The van der Waals surface area contributed by atoms with Crippen molar-refractivity contribution in [2.24, 2.45) is 0 Å². The van der Waals surface area contributed by atoms with Crippen LogP contribution in [-0.4, -0.2) is 33.1 Å². The molecule has 0 saturated heterocycles. The minimum atomic E-state index is -4.63. The van der Waals surface area contributed by atoms with E-state index in [9.17, 15) is 18.0 Å². The fourth-order valence-corrected chi connectivity index (χ4v) is 2.98. The zero-order valence-corrected chi connectivity index (χ0v) is 17.5. The van der Waals surface area contributed by atoms with Crippen molar-refractivity contribution < 1.29 is 27.4 Å². The van der Waals surface area contributed by atoms with Gasteiger partial charge in [0.25, 0.3) is 0 Å². The van der Waals surface area contributed by atoms with Gasteiger partial charge in [0.2, 0.25) is 5.88 Å². The Balaban J connectivity index is 1.84. The molecule has 1 aliphatic rings. The highest BCUT2D eigenvalue weighted by Crippen LogP contribution is 2.37. The lowest BCUT2D eigenvalue weighted by molar-refractivity contribution is -0.139. The van der Waals surface area contributed by atoms with E-state index in [-0.39, 0.29) is 26.1 Å². The quantitative estimate of drug-likeness (QED) is 0.666. The normalized spacial score (nSPS) is 14.3. The molecule has 0 bridgehead atoms. The van der Waals surface area contributed by atoms with Gasteiger partial charge >= 0.3 is 12.3 Å². The third-order valence-corrected chi connectivity index (χ3v) is 4.47. The second-order valence-electron chi connectivity index (χ2n) is 7.85. The average molecular weight is 444 g/mol. The van der Waals surface area contributed by atoms with Gasteiger partial charge in [-0.25, -0.2) is 9.78 Å². The van der Waals surface area contributed by atoms with Gasteiger partial charge < -0.3 is 14.4 Å². The molecule has 3 heterocycles. The van der Waals surface area contributed by atoms with E-state index >= 15 is 0 Å². The van der Waals surface area contributed by atoms with Gasteiger partial charge in [-0.2, -0.15) is 13.2 Å². The number of fused-ring (bicyclic) bond motifs is 1. The highest BCUT2D eigenvalue weighted by atomic mass is 35.5. The smallest absolute Gasteiger partial charge is 0.421 e. The molecule has 0 aliphatic carbocycles. The van der Waals surface area contributed by atoms with Crippen LogP contribution in [0.1, 0.15) is 43.3 Å². The molecule has 0 radical (unpaired) electrons. The Labute approximate surface area is 177 Å². The number of aromatic nitrogens is 2. The number of carbonyl (C=O) groups excluding carboxylic acids is 1. The van der Waals surface area contributed by atoms with Crippen LogP contribution in [0.15, 0.2) is 24.4 Å². The third-order valence-electron chi connectivity index (χ3n) is 4.25. The van der Waals surface area contributed by atoms with Crippen LogP contribution < -0.4 is 4.74 Å². The number of rotatable bonds is 3. The summed E-state index contributed by atoms with van der Waals surface area (Å²) in [6.45, 7) is 5.31. The second-order valence-corrected chi connectivity index (χ2v) is 8.29. The van der Waals surface area contributed by atoms with E-state index in [1.807, 2.05) is 0 Å². The monoisotopic (exact) mass is 443 g/mol. The van der Waals surface area contributed by atoms with Crippen molar-refractivity contribution in [1.82, 2.24) is 14.9 Å². The maximum atomic E-state index is 13.6. The second kappa shape index (κ2) is 8.29. The Kier molecular flexibility index (Phi) is 6.12. The van der Waals surface area contributed by atoms with Crippen LogP contribution in [0.4, 0.5) is 18.0 Å². The SMILES string of the molecule is CC(C)(C)OC(=O)N1CCc2cc(C(F)(F)F)c(OCc3ccc(Cl)cn3)nc2C1. The average Bonchev–Trinajstić information content (AvgIpc) is 2.64. The lowest BCUT2D eigenvalue weighted by Crippen LogP contribution is -2.40. The van der Waals surface area contributed by atoms with Crippen LogP contribution in [0.2, 0.25) is 5.02 Å². The third kappa shape index (κ3) is 5.53. The molecular formula is C20H21ClF3N3O3. The minimum Gasteiger partial charge on any atom is -0.471 e. The molecule has 0 N–H and O–H groups in total. The zero-order valence-electron chi connectivity index (χ0n) is 16.7. The lowest BCUT2D eigenvalue weighted by atomic mass is 10.0. The van der Waals surface area contributed by atoms with E-state index in [1.54, 1.807) is 32.9 Å². The Hall–Kier alpha value is -2.55. The summed E-state index contributed by atoms with van der Waals surface area (Å²) in [5.74, 6) is -0.552. The number of hydrogen-bond donors (Lipinski definition) is 0. The summed E-state index contributed by atoms with van der Waals surface area (Å²) in [7, 11) is 0. The van der Waals surface area contributed by atoms with Crippen molar-refractivity contribution in [1.29, 1.82) is 0 Å². The van der Waals surface area contributed by atoms with Crippen LogP contribution >= 0.6 is 11.6 Å². The van der Waals surface area contributed by atoms with E-state index in [0.29, 0.717) is 22.0 Å². The number of amides is 1. The first kappa shape index (κ1) is 22.1. The van der Waals surface area contributed by atoms with E-state index < -0.39 is 29.3 Å². The van der Waals surface area contributed by atoms with Gasteiger partial charge in [-0.3, -0.25) is 4.98 Å². The molecule has 0 saturated carbocycles. The summed E-state index contributed by atoms with van der Waals surface area (Å²) < 4.78 is 51.4. The van der Waals surface area contributed by atoms with Crippen molar-refractivity contribution in [2.45, 2.75) is 52.1 Å². The first-order chi connectivity index (χ1) is 13.9. The molecule has 0 fully saturated rings. The van der Waals surface area contributed by atoms with E-state index in [1.165, 1.54) is 11.1 Å². The summed E-state index contributed by atoms with van der Waals surface area (Å²) in [6, 6.07) is 4.16. The molecule has 30 heavy (non-hydrogen) atoms. The Bertz CT molecular complexity index is 928. The Morgan fingerprint density at radius 3 is 2.60 bits per heavy atom. The fraction of sp³-hybridized carbons (Fsp3) is 0.450. The summed E-state index contributed by atoms with van der Waals surface area (Å²) >= 11 is 5.77. The molecule has 10 heteroatoms. The first-order valence-corrected chi connectivity index (χ1v) is 9.61. The Morgan fingerprint density at radius 1 is 1.27 bits per heavy atom. The van der Waals surface area contributed by atoms with Gasteiger partial charge in [-0.15, -0.1) is 0 Å². The van der Waals surface area contributed by atoms with Gasteiger partial charge in [0, 0.05) is 12.7 Å². The molecule has 2 aromatic heterocycles. The van der Waals surface area contributed by atoms with Gasteiger partial charge in [0.15, 0.2) is 0 Å². The van der Waals surface area contributed by atoms with E-state index in [2.05, 4.69) is 9.97 Å². The number of alkyl halides is 3. The summed E-state index contributed by atoms with van der Waals surface area (Å²) in [5, 5.41) is 0.406. The van der Waals surface area contributed by atoms with Gasteiger partial charge in [-0.1, -0.05) is 11.6 Å². The first-order valence-electron chi connectivity index (χ1n) is 9.23. The van der Waals surface area contributed by atoms with Gasteiger partial charge in [0.05, 0.1) is 23.0 Å². The van der Waals surface area contributed by atoms with Crippen LogP contribution in [0.3, 0.4) is 0 Å². The topological polar surface area (TPSA) is 64.5 Å². The number of nitrogens with zero attached hydrogens (tertiary/aromatic N) is 3. The maximum Gasteiger partial charge on any atom is 0.421 e. The highest BCUT2D eigenvalue weighted by molar-refractivity contribution is 6.30. The zero-order chi connectivity index (χ0) is 22.1. The lowest BCUT2D eigenvalue weighted by Gasteiger charge is -2.31. The molecule has 6 nitrogen and oxygen atoms in total. The molecule has 0 spiro atoms. The molecule has 0 atom stereocenters. The molecule has 1 aliphatic heterocycles. The van der Waals surface area contributed by atoms with Crippen molar-refractivity contribution in [3.8, 4) is 5.88 Å². The van der Waals surface area contributed by atoms with Crippen LogP contribution in [0.25, 0.3) is 0 Å². The van der Waals surface area contributed by atoms with Crippen molar-refractivity contribution >= 4 is 17.7 Å². The highest BCUT2D eigenvalue weighted by Gasteiger charge is 2.38.